The van der Waals surface area contributed by atoms with Crippen LogP contribution in [0.2, 0.25) is 5.02 Å². The molecule has 20 heavy (non-hydrogen) atoms. The van der Waals surface area contributed by atoms with E-state index in [4.69, 9.17) is 11.6 Å². The summed E-state index contributed by atoms with van der Waals surface area (Å²) in [6.45, 7) is 5.20. The summed E-state index contributed by atoms with van der Waals surface area (Å²) in [6.07, 6.45) is 0. The number of nitrogens with zero attached hydrogens (tertiary/aromatic N) is 2. The second-order valence-corrected chi connectivity index (χ2v) is 6.74. The van der Waals surface area contributed by atoms with E-state index in [9.17, 15) is 8.42 Å². The molecule has 0 saturated heterocycles. The maximum absolute atomic E-state index is 12.5. The smallest absolute Gasteiger partial charge is 0.265 e. The van der Waals surface area contributed by atoms with Crippen molar-refractivity contribution in [2.75, 3.05) is 4.72 Å². The lowest BCUT2D eigenvalue weighted by atomic mass is 10.2. The molecule has 0 amide bonds. The van der Waals surface area contributed by atoms with Gasteiger partial charge in [0.15, 0.2) is 0 Å². The minimum Gasteiger partial charge on any atom is -0.279 e. The molecule has 0 saturated carbocycles. The van der Waals surface area contributed by atoms with Crippen LogP contribution in [0, 0.1) is 20.8 Å². The van der Waals surface area contributed by atoms with Crippen molar-refractivity contribution < 1.29 is 8.42 Å². The molecule has 2 aromatic rings. The zero-order valence-corrected chi connectivity index (χ0v) is 13.3. The normalized spacial score (nSPS) is 11.7. The summed E-state index contributed by atoms with van der Waals surface area (Å²) in [4.78, 5) is 0.217. The minimum atomic E-state index is -3.67. The molecule has 0 radical (unpaired) electrons. The number of nitrogens with one attached hydrogen (secondary N) is 1. The van der Waals surface area contributed by atoms with Gasteiger partial charge in [-0.3, -0.25) is 9.40 Å². The standard InChI is InChI=1S/C13H16ClN3O2S/c1-8-7-11(14)5-6-12(8)16-20(18,19)13-9(2)15-17(4)10(13)3/h5-7,16H,1-4H3. The van der Waals surface area contributed by atoms with E-state index in [-0.39, 0.29) is 4.90 Å². The first kappa shape index (κ1) is 14.9. The summed E-state index contributed by atoms with van der Waals surface area (Å²) in [6, 6.07) is 5.01. The number of hydrogen-bond acceptors (Lipinski definition) is 3. The van der Waals surface area contributed by atoms with Crippen molar-refractivity contribution in [2.24, 2.45) is 7.05 Å². The number of aromatic nitrogens is 2. The molecule has 0 aliphatic rings. The second kappa shape index (κ2) is 5.10. The Morgan fingerprint density at radius 1 is 1.25 bits per heavy atom. The predicted octanol–water partition coefficient (Wildman–Crippen LogP) is 2.80. The van der Waals surface area contributed by atoms with Crippen molar-refractivity contribution >= 4 is 27.3 Å². The number of anilines is 1. The summed E-state index contributed by atoms with van der Waals surface area (Å²) in [5.41, 5.74) is 2.35. The van der Waals surface area contributed by atoms with Crippen LogP contribution < -0.4 is 4.72 Å². The molecule has 0 bridgehead atoms. The van der Waals surface area contributed by atoms with Crippen LogP contribution in [0.4, 0.5) is 5.69 Å². The number of rotatable bonds is 3. The van der Waals surface area contributed by atoms with Crippen LogP contribution in [0.25, 0.3) is 0 Å². The Labute approximate surface area is 123 Å². The van der Waals surface area contributed by atoms with Gasteiger partial charge in [-0.05, 0) is 44.5 Å². The summed E-state index contributed by atoms with van der Waals surface area (Å²) in [5.74, 6) is 0. The molecule has 7 heteroatoms. The third kappa shape index (κ3) is 2.66. The minimum absolute atomic E-state index is 0.217. The van der Waals surface area contributed by atoms with E-state index in [1.54, 1.807) is 50.7 Å². The van der Waals surface area contributed by atoms with E-state index in [2.05, 4.69) is 9.82 Å². The van der Waals surface area contributed by atoms with Crippen LogP contribution in [0.15, 0.2) is 23.1 Å². The maximum atomic E-state index is 12.5. The van der Waals surface area contributed by atoms with Crippen LogP contribution in [-0.2, 0) is 17.1 Å². The summed E-state index contributed by atoms with van der Waals surface area (Å²) >= 11 is 5.87. The van der Waals surface area contributed by atoms with Gasteiger partial charge in [0.25, 0.3) is 10.0 Å². The molecule has 2 rings (SSSR count). The number of aryl methyl sites for hydroxylation is 3. The summed E-state index contributed by atoms with van der Waals surface area (Å²) in [7, 11) is -1.95. The zero-order valence-electron chi connectivity index (χ0n) is 11.7. The molecule has 0 fully saturated rings. The fourth-order valence-electron chi connectivity index (χ4n) is 2.08. The lowest BCUT2D eigenvalue weighted by Gasteiger charge is -2.11. The number of hydrogen-bond donors (Lipinski definition) is 1. The van der Waals surface area contributed by atoms with Crippen molar-refractivity contribution in [3.05, 3.63) is 40.2 Å². The quantitative estimate of drug-likeness (QED) is 0.947. The Kier molecular flexibility index (Phi) is 3.80. The fraction of sp³-hybridized carbons (Fsp3) is 0.308. The maximum Gasteiger partial charge on any atom is 0.265 e. The van der Waals surface area contributed by atoms with E-state index in [1.807, 2.05) is 0 Å². The van der Waals surface area contributed by atoms with Crippen molar-refractivity contribution in [1.82, 2.24) is 9.78 Å². The number of sulfonamides is 1. The lowest BCUT2D eigenvalue weighted by Crippen LogP contribution is -2.15. The molecular formula is C13H16ClN3O2S. The SMILES string of the molecule is Cc1cc(Cl)ccc1NS(=O)(=O)c1c(C)nn(C)c1C. The summed E-state index contributed by atoms with van der Waals surface area (Å²) in [5, 5.41) is 4.70. The topological polar surface area (TPSA) is 64.0 Å². The first-order chi connectivity index (χ1) is 9.22. The first-order valence-corrected chi connectivity index (χ1v) is 7.87. The van der Waals surface area contributed by atoms with Gasteiger partial charge in [-0.1, -0.05) is 11.6 Å². The van der Waals surface area contributed by atoms with Gasteiger partial charge < -0.3 is 0 Å². The first-order valence-electron chi connectivity index (χ1n) is 6.01. The van der Waals surface area contributed by atoms with Crippen molar-refractivity contribution in [1.29, 1.82) is 0 Å². The molecule has 0 atom stereocenters. The monoisotopic (exact) mass is 313 g/mol. The molecule has 1 heterocycles. The van der Waals surface area contributed by atoms with E-state index in [1.165, 1.54) is 0 Å². The largest absolute Gasteiger partial charge is 0.279 e. The van der Waals surface area contributed by atoms with Gasteiger partial charge in [0.2, 0.25) is 0 Å². The van der Waals surface area contributed by atoms with Gasteiger partial charge in [0.05, 0.1) is 17.1 Å². The van der Waals surface area contributed by atoms with E-state index < -0.39 is 10.0 Å². The van der Waals surface area contributed by atoms with Gasteiger partial charge in [0, 0.05) is 12.1 Å². The van der Waals surface area contributed by atoms with Crippen LogP contribution in [0.3, 0.4) is 0 Å². The molecule has 1 aromatic carbocycles. The Hall–Kier alpha value is -1.53. The highest BCUT2D eigenvalue weighted by atomic mass is 35.5. The van der Waals surface area contributed by atoms with Gasteiger partial charge >= 0.3 is 0 Å². The van der Waals surface area contributed by atoms with Crippen LogP contribution in [-0.4, -0.2) is 18.2 Å². The van der Waals surface area contributed by atoms with Gasteiger partial charge in [-0.25, -0.2) is 8.42 Å². The Balaban J connectivity index is 2.46. The van der Waals surface area contributed by atoms with Crippen molar-refractivity contribution in [3.8, 4) is 0 Å². The Morgan fingerprint density at radius 3 is 2.40 bits per heavy atom. The molecule has 108 valence electrons. The number of halogens is 1. The third-order valence-corrected chi connectivity index (χ3v) is 5.00. The highest BCUT2D eigenvalue weighted by Gasteiger charge is 2.24. The Bertz CT molecular complexity index is 766. The van der Waals surface area contributed by atoms with Gasteiger partial charge in [-0.15, -0.1) is 0 Å². The molecule has 1 N–H and O–H groups in total. The molecule has 0 unspecified atom stereocenters. The van der Waals surface area contributed by atoms with Crippen LogP contribution >= 0.6 is 11.6 Å². The lowest BCUT2D eigenvalue weighted by molar-refractivity contribution is 0.599. The highest BCUT2D eigenvalue weighted by Crippen LogP contribution is 2.25. The predicted molar refractivity (Wildman–Crippen MR) is 79.7 cm³/mol. The van der Waals surface area contributed by atoms with Gasteiger partial charge in [-0.2, -0.15) is 5.10 Å². The average Bonchev–Trinajstić information content (AvgIpc) is 2.57. The molecular weight excluding hydrogens is 298 g/mol. The van der Waals surface area contributed by atoms with E-state index in [0.717, 1.165) is 5.56 Å². The molecule has 0 spiro atoms. The molecule has 5 nitrogen and oxygen atoms in total. The molecule has 0 aliphatic heterocycles. The van der Waals surface area contributed by atoms with E-state index >= 15 is 0 Å². The zero-order chi connectivity index (χ0) is 15.1. The second-order valence-electron chi connectivity index (χ2n) is 4.69. The molecule has 1 aromatic heterocycles. The van der Waals surface area contributed by atoms with Gasteiger partial charge in [0.1, 0.15) is 4.90 Å². The fourth-order valence-corrected chi connectivity index (χ4v) is 3.88. The van der Waals surface area contributed by atoms with Crippen LogP contribution in [0.5, 0.6) is 0 Å². The van der Waals surface area contributed by atoms with E-state index in [0.29, 0.717) is 22.1 Å². The third-order valence-electron chi connectivity index (χ3n) is 3.14. The summed E-state index contributed by atoms with van der Waals surface area (Å²) < 4.78 is 29.1. The molecule has 0 aliphatic carbocycles. The highest BCUT2D eigenvalue weighted by molar-refractivity contribution is 7.92. The van der Waals surface area contributed by atoms with Crippen molar-refractivity contribution in [2.45, 2.75) is 25.7 Å². The van der Waals surface area contributed by atoms with Crippen molar-refractivity contribution in [3.63, 3.8) is 0 Å². The van der Waals surface area contributed by atoms with Crippen LogP contribution in [0.1, 0.15) is 17.0 Å². The number of benzene rings is 1. The Morgan fingerprint density at radius 2 is 1.90 bits per heavy atom. The average molecular weight is 314 g/mol.